The molecule has 0 amide bonds. The molecule has 0 aliphatic carbocycles. The summed E-state index contributed by atoms with van der Waals surface area (Å²) in [7, 11) is -3.41. The lowest BCUT2D eigenvalue weighted by atomic mass is 10.8. The minimum Gasteiger partial charge on any atom is -0.266 e. The van der Waals surface area contributed by atoms with Crippen molar-refractivity contribution in [1.29, 1.82) is 0 Å². The normalized spacial score (nSPS) is 11.5. The second-order valence-corrected chi connectivity index (χ2v) is 5.57. The number of sulfonamides is 1. The van der Waals surface area contributed by atoms with E-state index in [1.807, 2.05) is 0 Å². The Hall–Kier alpha value is -0.790. The first-order valence-electron chi connectivity index (χ1n) is 4.34. The number of hydrogen-bond acceptors (Lipinski definition) is 4. The highest BCUT2D eigenvalue weighted by molar-refractivity contribution is 7.99. The van der Waals surface area contributed by atoms with Gasteiger partial charge in [0.2, 0.25) is 0 Å². The highest BCUT2D eigenvalue weighted by atomic mass is 32.2. The second-order valence-electron chi connectivity index (χ2n) is 2.68. The molecule has 0 saturated carbocycles. The smallest absolute Gasteiger partial charge is 0.257 e. The zero-order valence-corrected chi connectivity index (χ0v) is 9.77. The highest BCUT2D eigenvalue weighted by Crippen LogP contribution is 2.03. The number of aromatic amines is 1. The van der Waals surface area contributed by atoms with Crippen molar-refractivity contribution < 1.29 is 8.42 Å². The van der Waals surface area contributed by atoms with E-state index in [-0.39, 0.29) is 5.03 Å². The van der Waals surface area contributed by atoms with Gasteiger partial charge in [-0.05, 0) is 6.07 Å². The van der Waals surface area contributed by atoms with Gasteiger partial charge in [0.25, 0.3) is 10.0 Å². The van der Waals surface area contributed by atoms with Crippen LogP contribution in [-0.2, 0) is 10.0 Å². The largest absolute Gasteiger partial charge is 0.266 e. The van der Waals surface area contributed by atoms with Crippen LogP contribution in [0, 0.1) is 0 Å². The van der Waals surface area contributed by atoms with E-state index in [9.17, 15) is 8.42 Å². The fraction of sp³-hybridized carbons (Fsp3) is 0.375. The van der Waals surface area contributed by atoms with E-state index in [2.05, 4.69) is 21.5 Å². The Balaban J connectivity index is 2.35. The highest BCUT2D eigenvalue weighted by Gasteiger charge is 2.13. The molecule has 0 unspecified atom stereocenters. The van der Waals surface area contributed by atoms with Crippen molar-refractivity contribution in [3.05, 3.63) is 24.9 Å². The molecule has 0 bridgehead atoms. The first kappa shape index (κ1) is 12.3. The molecule has 0 radical (unpaired) electrons. The summed E-state index contributed by atoms with van der Waals surface area (Å²) in [6, 6.07) is 1.42. The zero-order chi connectivity index (χ0) is 11.1. The number of rotatable bonds is 7. The van der Waals surface area contributed by atoms with Gasteiger partial charge in [-0.2, -0.15) is 16.9 Å². The monoisotopic (exact) mass is 247 g/mol. The molecular formula is C8H13N3O2S2. The van der Waals surface area contributed by atoms with Gasteiger partial charge < -0.3 is 0 Å². The lowest BCUT2D eigenvalue weighted by Crippen LogP contribution is -2.26. The number of nitrogens with one attached hydrogen (secondary N) is 2. The number of nitrogens with zero attached hydrogens (tertiary/aromatic N) is 1. The summed E-state index contributed by atoms with van der Waals surface area (Å²) in [5.74, 6) is 1.55. The van der Waals surface area contributed by atoms with Crippen LogP contribution in [-0.4, -0.2) is 36.7 Å². The van der Waals surface area contributed by atoms with Gasteiger partial charge in [-0.1, -0.05) is 6.08 Å². The molecule has 15 heavy (non-hydrogen) atoms. The van der Waals surface area contributed by atoms with Crippen LogP contribution in [0.2, 0.25) is 0 Å². The summed E-state index contributed by atoms with van der Waals surface area (Å²) in [6.45, 7) is 3.98. The van der Waals surface area contributed by atoms with Gasteiger partial charge in [0.15, 0.2) is 5.03 Å². The van der Waals surface area contributed by atoms with E-state index in [1.54, 1.807) is 17.8 Å². The lowest BCUT2D eigenvalue weighted by molar-refractivity contribution is 0.580. The molecule has 1 rings (SSSR count). The van der Waals surface area contributed by atoms with Gasteiger partial charge in [0, 0.05) is 18.1 Å². The molecule has 0 atom stereocenters. The first-order chi connectivity index (χ1) is 7.17. The maximum atomic E-state index is 11.5. The molecule has 1 aromatic heterocycles. The number of hydrogen-bond donors (Lipinski definition) is 2. The van der Waals surface area contributed by atoms with Crippen molar-refractivity contribution >= 4 is 21.8 Å². The van der Waals surface area contributed by atoms with Crippen molar-refractivity contribution in [1.82, 2.24) is 14.9 Å². The Kier molecular flexibility index (Phi) is 4.86. The van der Waals surface area contributed by atoms with E-state index in [4.69, 9.17) is 0 Å². The average Bonchev–Trinajstić information content (AvgIpc) is 2.70. The number of thioether (sulfide) groups is 1. The molecule has 0 fully saturated rings. The van der Waals surface area contributed by atoms with Gasteiger partial charge >= 0.3 is 0 Å². The first-order valence-corrected chi connectivity index (χ1v) is 6.98. The fourth-order valence-electron chi connectivity index (χ4n) is 0.885. The summed E-state index contributed by atoms with van der Waals surface area (Å²) in [6.07, 6.45) is 3.19. The van der Waals surface area contributed by atoms with Crippen molar-refractivity contribution in [3.63, 3.8) is 0 Å². The van der Waals surface area contributed by atoms with Crippen LogP contribution in [0.5, 0.6) is 0 Å². The summed E-state index contributed by atoms with van der Waals surface area (Å²) in [5, 5.41) is 6.08. The molecule has 0 saturated heterocycles. The molecule has 2 N–H and O–H groups in total. The predicted octanol–water partition coefficient (Wildman–Crippen LogP) is 0.607. The van der Waals surface area contributed by atoms with E-state index in [0.29, 0.717) is 6.54 Å². The number of H-pyrrole nitrogens is 1. The van der Waals surface area contributed by atoms with Crippen LogP contribution in [0.1, 0.15) is 0 Å². The fourth-order valence-corrected chi connectivity index (χ4v) is 2.53. The van der Waals surface area contributed by atoms with E-state index in [1.165, 1.54) is 12.3 Å². The van der Waals surface area contributed by atoms with E-state index >= 15 is 0 Å². The molecular weight excluding hydrogens is 234 g/mol. The van der Waals surface area contributed by atoms with Gasteiger partial charge in [-0.15, -0.1) is 6.58 Å². The Morgan fingerprint density at radius 1 is 1.67 bits per heavy atom. The quantitative estimate of drug-likeness (QED) is 0.547. The average molecular weight is 247 g/mol. The lowest BCUT2D eigenvalue weighted by Gasteiger charge is -2.03. The minimum absolute atomic E-state index is 0.0937. The SMILES string of the molecule is C=CCSCCNS(=O)(=O)c1ccn[nH]1. The van der Waals surface area contributed by atoms with Crippen molar-refractivity contribution in [2.45, 2.75) is 5.03 Å². The summed E-state index contributed by atoms with van der Waals surface area (Å²) in [4.78, 5) is 0. The third kappa shape index (κ3) is 4.06. The van der Waals surface area contributed by atoms with Gasteiger partial charge in [0.1, 0.15) is 0 Å². The summed E-state index contributed by atoms with van der Waals surface area (Å²) in [5.41, 5.74) is 0. The third-order valence-corrected chi connectivity index (χ3v) is 3.89. The van der Waals surface area contributed by atoms with Crippen LogP contribution < -0.4 is 4.72 Å². The summed E-state index contributed by atoms with van der Waals surface area (Å²) >= 11 is 1.62. The van der Waals surface area contributed by atoms with Crippen LogP contribution in [0.25, 0.3) is 0 Å². The molecule has 0 aromatic carbocycles. The molecule has 1 aromatic rings. The van der Waals surface area contributed by atoms with Crippen molar-refractivity contribution in [2.75, 3.05) is 18.1 Å². The van der Waals surface area contributed by atoms with Crippen LogP contribution in [0.4, 0.5) is 0 Å². The number of aromatic nitrogens is 2. The van der Waals surface area contributed by atoms with E-state index < -0.39 is 10.0 Å². The van der Waals surface area contributed by atoms with Crippen LogP contribution in [0.15, 0.2) is 29.9 Å². The van der Waals surface area contributed by atoms with Crippen LogP contribution >= 0.6 is 11.8 Å². The Bertz CT molecular complexity index is 386. The maximum absolute atomic E-state index is 11.5. The third-order valence-electron chi connectivity index (χ3n) is 1.54. The Morgan fingerprint density at radius 2 is 2.47 bits per heavy atom. The second kappa shape index (κ2) is 5.94. The molecule has 0 aliphatic heterocycles. The van der Waals surface area contributed by atoms with Crippen LogP contribution in [0.3, 0.4) is 0 Å². The molecule has 7 heteroatoms. The summed E-state index contributed by atoms with van der Waals surface area (Å²) < 4.78 is 25.5. The molecule has 0 aliphatic rings. The van der Waals surface area contributed by atoms with Crippen molar-refractivity contribution in [3.8, 4) is 0 Å². The molecule has 5 nitrogen and oxygen atoms in total. The molecule has 84 valence electrons. The maximum Gasteiger partial charge on any atom is 0.257 e. The van der Waals surface area contributed by atoms with Gasteiger partial charge in [0.05, 0.1) is 6.20 Å². The van der Waals surface area contributed by atoms with Crippen molar-refractivity contribution in [2.24, 2.45) is 0 Å². The Labute approximate surface area is 93.4 Å². The standard InChI is InChI=1S/C8H13N3O2S2/c1-2-6-14-7-5-10-15(12,13)8-3-4-9-11-8/h2-4,10H,1,5-7H2,(H,9,11). The molecule has 1 heterocycles. The zero-order valence-electron chi connectivity index (χ0n) is 8.14. The molecule has 0 spiro atoms. The predicted molar refractivity (Wildman–Crippen MR) is 61.3 cm³/mol. The van der Waals surface area contributed by atoms with Gasteiger partial charge in [-0.25, -0.2) is 13.1 Å². The Morgan fingerprint density at radius 3 is 3.07 bits per heavy atom. The minimum atomic E-state index is -3.41. The topological polar surface area (TPSA) is 74.8 Å². The van der Waals surface area contributed by atoms with Gasteiger partial charge in [-0.3, -0.25) is 5.10 Å². The van der Waals surface area contributed by atoms with E-state index in [0.717, 1.165) is 11.5 Å².